The first kappa shape index (κ1) is 20.1. The molecule has 0 bridgehead atoms. The van der Waals surface area contributed by atoms with E-state index in [4.69, 9.17) is 16.3 Å². The highest BCUT2D eigenvalue weighted by Gasteiger charge is 2.25. The number of hydrogen-bond acceptors (Lipinski definition) is 4. The molecule has 7 nitrogen and oxygen atoms in total. The number of esters is 1. The fraction of sp³-hybridized carbons (Fsp3) is 0.125. The van der Waals surface area contributed by atoms with Gasteiger partial charge in [0.1, 0.15) is 11.3 Å². The fourth-order valence-electron chi connectivity index (χ4n) is 3.90. The molecule has 0 radical (unpaired) electrons. The number of carbonyl (C=O) groups excluding carboxylic acids is 1. The molecule has 3 heterocycles. The molecule has 1 N–H and O–H groups in total. The van der Waals surface area contributed by atoms with Crippen LogP contribution in [0.2, 0.25) is 5.02 Å². The molecule has 8 heteroatoms. The minimum absolute atomic E-state index is 0.249. The second kappa shape index (κ2) is 8.01. The van der Waals surface area contributed by atoms with Crippen molar-refractivity contribution in [3.63, 3.8) is 0 Å². The molecule has 5 rings (SSSR count). The Morgan fingerprint density at radius 1 is 1.16 bits per heavy atom. The molecule has 0 amide bonds. The molecule has 1 aromatic heterocycles. The van der Waals surface area contributed by atoms with E-state index in [1.54, 1.807) is 24.5 Å². The van der Waals surface area contributed by atoms with Crippen LogP contribution in [0.3, 0.4) is 0 Å². The summed E-state index contributed by atoms with van der Waals surface area (Å²) in [5, 5.41) is 6.14. The predicted molar refractivity (Wildman–Crippen MR) is 123 cm³/mol. The molecule has 32 heavy (non-hydrogen) atoms. The maximum absolute atomic E-state index is 13.1. The zero-order chi connectivity index (χ0) is 22.2. The van der Waals surface area contributed by atoms with Gasteiger partial charge in [-0.05, 0) is 42.3 Å². The Balaban J connectivity index is 1.56. The van der Waals surface area contributed by atoms with E-state index in [1.807, 2.05) is 47.2 Å². The van der Waals surface area contributed by atoms with Gasteiger partial charge in [0.15, 0.2) is 0 Å². The van der Waals surface area contributed by atoms with Crippen molar-refractivity contribution in [2.24, 2.45) is 0 Å². The van der Waals surface area contributed by atoms with Crippen LogP contribution < -0.4 is 5.56 Å². The SMILES string of the molecule is COC(=O)c1cn(CCc2c[nH]c3ccc(Cl)cc23)cc2c(=O)n(-c3ccccc3)nc1-2. The number of aryl methyl sites for hydroxylation is 2. The number of ether oxygens (including phenoxy) is 1. The quantitative estimate of drug-likeness (QED) is 0.408. The van der Waals surface area contributed by atoms with E-state index in [0.717, 1.165) is 16.5 Å². The third-order valence-corrected chi connectivity index (χ3v) is 5.73. The molecule has 2 aliphatic rings. The number of aromatic nitrogens is 4. The first-order chi connectivity index (χ1) is 15.5. The number of pyridine rings is 1. The lowest BCUT2D eigenvalue weighted by Crippen LogP contribution is -2.16. The summed E-state index contributed by atoms with van der Waals surface area (Å²) in [5.41, 5.74) is 3.37. The number of rotatable bonds is 5. The van der Waals surface area contributed by atoms with Gasteiger partial charge >= 0.3 is 5.97 Å². The fourth-order valence-corrected chi connectivity index (χ4v) is 4.07. The van der Waals surface area contributed by atoms with Gasteiger partial charge in [0.05, 0.1) is 18.4 Å². The predicted octanol–water partition coefficient (Wildman–Crippen LogP) is 4.30. The average Bonchev–Trinajstić information content (AvgIpc) is 3.37. The van der Waals surface area contributed by atoms with Crippen LogP contribution in [0.4, 0.5) is 0 Å². The number of benzene rings is 2. The maximum Gasteiger partial charge on any atom is 0.341 e. The summed E-state index contributed by atoms with van der Waals surface area (Å²) >= 11 is 6.16. The van der Waals surface area contributed by atoms with Crippen molar-refractivity contribution in [2.45, 2.75) is 13.0 Å². The van der Waals surface area contributed by atoms with Crippen LogP contribution in [0.1, 0.15) is 15.9 Å². The average molecular weight is 447 g/mol. The highest BCUT2D eigenvalue weighted by Crippen LogP contribution is 2.25. The molecule has 160 valence electrons. The molecule has 2 aliphatic heterocycles. The van der Waals surface area contributed by atoms with Crippen LogP contribution in [0.5, 0.6) is 0 Å². The van der Waals surface area contributed by atoms with E-state index in [1.165, 1.54) is 11.8 Å². The van der Waals surface area contributed by atoms with E-state index in [2.05, 4.69) is 10.1 Å². The molecular weight excluding hydrogens is 428 g/mol. The van der Waals surface area contributed by atoms with Crippen LogP contribution >= 0.6 is 11.6 Å². The van der Waals surface area contributed by atoms with Gasteiger partial charge in [-0.25, -0.2) is 4.79 Å². The lowest BCUT2D eigenvalue weighted by Gasteiger charge is -2.11. The van der Waals surface area contributed by atoms with Gasteiger partial charge in [0, 0.05) is 41.1 Å². The number of para-hydroxylation sites is 1. The molecule has 0 fully saturated rings. The zero-order valence-corrected chi connectivity index (χ0v) is 18.0. The Labute approximate surface area is 188 Å². The van der Waals surface area contributed by atoms with Crippen molar-refractivity contribution in [3.8, 4) is 16.9 Å². The minimum atomic E-state index is -0.541. The smallest absolute Gasteiger partial charge is 0.341 e. The Bertz CT molecular complexity index is 1470. The Morgan fingerprint density at radius 3 is 2.75 bits per heavy atom. The number of H-pyrrole nitrogens is 1. The molecule has 0 spiro atoms. The van der Waals surface area contributed by atoms with Crippen molar-refractivity contribution < 1.29 is 9.53 Å². The van der Waals surface area contributed by atoms with Crippen LogP contribution in [-0.2, 0) is 17.7 Å². The largest absolute Gasteiger partial charge is 0.465 e. The highest BCUT2D eigenvalue weighted by atomic mass is 35.5. The standard InChI is InChI=1S/C24H19ClN4O3/c1-32-24(31)20-14-28(10-9-15-12-26-21-8-7-16(25)11-18(15)21)13-19-22(20)27-29(23(19)30)17-5-3-2-4-6-17/h2-8,11-14,26H,9-10H2,1H3. The number of nitrogens with zero attached hydrogens (tertiary/aromatic N) is 3. The summed E-state index contributed by atoms with van der Waals surface area (Å²) in [5.74, 6) is -0.541. The summed E-state index contributed by atoms with van der Waals surface area (Å²) in [6.07, 6.45) is 6.04. The Kier molecular flexibility index (Phi) is 5.03. The maximum atomic E-state index is 13.1. The van der Waals surface area contributed by atoms with Crippen LogP contribution in [-0.4, -0.2) is 32.4 Å². The molecule has 2 aromatic carbocycles. The number of aromatic amines is 1. The van der Waals surface area contributed by atoms with Gasteiger partial charge in [-0.1, -0.05) is 29.8 Å². The lowest BCUT2D eigenvalue weighted by atomic mass is 10.1. The highest BCUT2D eigenvalue weighted by molar-refractivity contribution is 6.31. The third-order valence-electron chi connectivity index (χ3n) is 5.50. The molecule has 0 saturated heterocycles. The number of carbonyl (C=O) groups is 1. The third kappa shape index (κ3) is 3.46. The molecule has 0 atom stereocenters. The normalized spacial score (nSPS) is 11.3. The Hall–Kier alpha value is -3.84. The van der Waals surface area contributed by atoms with Gasteiger partial charge < -0.3 is 14.3 Å². The summed E-state index contributed by atoms with van der Waals surface area (Å²) < 4.78 is 8.09. The van der Waals surface area contributed by atoms with Crippen LogP contribution in [0.25, 0.3) is 27.8 Å². The number of fused-ring (bicyclic) bond motifs is 2. The molecule has 0 aliphatic carbocycles. The van der Waals surface area contributed by atoms with E-state index in [0.29, 0.717) is 34.9 Å². The van der Waals surface area contributed by atoms with Crippen LogP contribution in [0, 0.1) is 0 Å². The van der Waals surface area contributed by atoms with Gasteiger partial charge in [-0.15, -0.1) is 0 Å². The molecule has 0 unspecified atom stereocenters. The number of nitrogens with one attached hydrogen (secondary N) is 1. The Morgan fingerprint density at radius 2 is 1.97 bits per heavy atom. The second-order valence-electron chi connectivity index (χ2n) is 7.47. The summed E-state index contributed by atoms with van der Waals surface area (Å²) in [7, 11) is 1.31. The van der Waals surface area contributed by atoms with Crippen molar-refractivity contribution in [1.82, 2.24) is 19.3 Å². The van der Waals surface area contributed by atoms with Crippen molar-refractivity contribution in [3.05, 3.63) is 93.6 Å². The minimum Gasteiger partial charge on any atom is -0.465 e. The topological polar surface area (TPSA) is 81.9 Å². The second-order valence-corrected chi connectivity index (χ2v) is 7.91. The monoisotopic (exact) mass is 446 g/mol. The number of hydrogen-bond donors (Lipinski definition) is 1. The molecule has 0 saturated carbocycles. The van der Waals surface area contributed by atoms with Crippen molar-refractivity contribution in [1.29, 1.82) is 0 Å². The zero-order valence-electron chi connectivity index (χ0n) is 17.2. The molecular formula is C24H19ClN4O3. The van der Waals surface area contributed by atoms with Crippen molar-refractivity contribution in [2.75, 3.05) is 7.11 Å². The number of halogens is 1. The van der Waals surface area contributed by atoms with Gasteiger partial charge in [-0.2, -0.15) is 9.78 Å². The summed E-state index contributed by atoms with van der Waals surface area (Å²) in [6.45, 7) is 0.551. The summed E-state index contributed by atoms with van der Waals surface area (Å²) in [6, 6.07) is 14.8. The molecule has 3 aromatic rings. The van der Waals surface area contributed by atoms with E-state index in [9.17, 15) is 9.59 Å². The van der Waals surface area contributed by atoms with E-state index >= 15 is 0 Å². The first-order valence-electron chi connectivity index (χ1n) is 10.1. The lowest BCUT2D eigenvalue weighted by molar-refractivity contribution is 0.0600. The van der Waals surface area contributed by atoms with Gasteiger partial charge in [0.2, 0.25) is 0 Å². The van der Waals surface area contributed by atoms with E-state index < -0.39 is 5.97 Å². The van der Waals surface area contributed by atoms with E-state index in [-0.39, 0.29) is 11.1 Å². The first-order valence-corrected chi connectivity index (χ1v) is 10.4. The number of methoxy groups -OCH3 is 1. The summed E-state index contributed by atoms with van der Waals surface area (Å²) in [4.78, 5) is 28.8. The van der Waals surface area contributed by atoms with Gasteiger partial charge in [-0.3, -0.25) is 4.79 Å². The van der Waals surface area contributed by atoms with Gasteiger partial charge in [0.25, 0.3) is 5.56 Å². The van der Waals surface area contributed by atoms with Crippen LogP contribution in [0.15, 0.2) is 71.9 Å². The van der Waals surface area contributed by atoms with Crippen molar-refractivity contribution >= 4 is 28.5 Å².